The highest BCUT2D eigenvalue weighted by atomic mass is 16.6. The van der Waals surface area contributed by atoms with Crippen molar-refractivity contribution < 1.29 is 19.1 Å². The molecule has 0 fully saturated rings. The standard InChI is InChI=1S/C34H47N3O4/c1-10-26-18-20-28(21-19-26)30(31(38)35-22-27-14-12-11-13-15-27)37(25(6)17-16-23(2)3)32(39)29(24(4)5)36-33(40)41-34(7,8)9/h1,11-15,18-21,23-25,29-30H,16-17,22H2,2-9H3,(H,35,38)(H,36,40). The molecule has 2 rings (SSSR count). The number of amides is 3. The Kier molecular flexibility index (Phi) is 12.5. The van der Waals surface area contributed by atoms with Crippen molar-refractivity contribution in [2.75, 3.05) is 0 Å². The molecule has 2 aromatic carbocycles. The summed E-state index contributed by atoms with van der Waals surface area (Å²) in [6, 6.07) is 14.6. The maximum Gasteiger partial charge on any atom is 0.408 e. The molecule has 2 aromatic rings. The molecule has 2 N–H and O–H groups in total. The Morgan fingerprint density at radius 1 is 0.927 bits per heavy atom. The summed E-state index contributed by atoms with van der Waals surface area (Å²) in [6.45, 7) is 15.6. The third kappa shape index (κ3) is 10.6. The van der Waals surface area contributed by atoms with Crippen molar-refractivity contribution in [3.63, 3.8) is 0 Å². The first-order valence-electron chi connectivity index (χ1n) is 14.4. The van der Waals surface area contributed by atoms with Crippen molar-refractivity contribution in [1.82, 2.24) is 15.5 Å². The summed E-state index contributed by atoms with van der Waals surface area (Å²) < 4.78 is 5.47. The van der Waals surface area contributed by atoms with Gasteiger partial charge in [-0.3, -0.25) is 9.59 Å². The molecule has 0 saturated heterocycles. The van der Waals surface area contributed by atoms with Gasteiger partial charge < -0.3 is 20.3 Å². The third-order valence-corrected chi connectivity index (χ3v) is 6.73. The Morgan fingerprint density at radius 3 is 2.05 bits per heavy atom. The first kappa shape index (κ1) is 33.4. The minimum Gasteiger partial charge on any atom is -0.444 e. The molecule has 7 nitrogen and oxygen atoms in total. The van der Waals surface area contributed by atoms with Crippen molar-refractivity contribution in [3.05, 3.63) is 71.3 Å². The molecular formula is C34H47N3O4. The normalized spacial score (nSPS) is 13.6. The van der Waals surface area contributed by atoms with Gasteiger partial charge in [0.2, 0.25) is 11.8 Å². The second kappa shape index (κ2) is 15.3. The highest BCUT2D eigenvalue weighted by molar-refractivity contribution is 5.92. The number of terminal acetylenes is 1. The molecule has 3 amide bonds. The Hall–Kier alpha value is -3.79. The van der Waals surface area contributed by atoms with Crippen molar-refractivity contribution in [2.24, 2.45) is 11.8 Å². The predicted octanol–water partition coefficient (Wildman–Crippen LogP) is 6.23. The summed E-state index contributed by atoms with van der Waals surface area (Å²) in [4.78, 5) is 42.9. The second-order valence-electron chi connectivity index (χ2n) is 12.3. The smallest absolute Gasteiger partial charge is 0.408 e. The maximum atomic E-state index is 14.4. The Morgan fingerprint density at radius 2 is 1.54 bits per heavy atom. The van der Waals surface area contributed by atoms with Crippen LogP contribution in [0.4, 0.5) is 4.79 Å². The van der Waals surface area contributed by atoms with Gasteiger partial charge in [0.15, 0.2) is 0 Å². The molecule has 0 aliphatic heterocycles. The van der Waals surface area contributed by atoms with E-state index in [1.54, 1.807) is 49.9 Å². The van der Waals surface area contributed by atoms with E-state index in [2.05, 4.69) is 30.4 Å². The van der Waals surface area contributed by atoms with Gasteiger partial charge in [-0.15, -0.1) is 6.42 Å². The van der Waals surface area contributed by atoms with E-state index >= 15 is 0 Å². The monoisotopic (exact) mass is 561 g/mol. The number of carbonyl (C=O) groups is 3. The van der Waals surface area contributed by atoms with Crippen LogP contribution in [0.2, 0.25) is 0 Å². The van der Waals surface area contributed by atoms with E-state index in [1.165, 1.54) is 0 Å². The fraction of sp³-hybridized carbons (Fsp3) is 0.500. The van der Waals surface area contributed by atoms with Crippen molar-refractivity contribution in [3.8, 4) is 12.3 Å². The van der Waals surface area contributed by atoms with Gasteiger partial charge in [0.05, 0.1) is 0 Å². The number of nitrogens with zero attached hydrogens (tertiary/aromatic N) is 1. The van der Waals surface area contributed by atoms with Crippen LogP contribution in [0.3, 0.4) is 0 Å². The average Bonchev–Trinajstić information content (AvgIpc) is 2.91. The van der Waals surface area contributed by atoms with Gasteiger partial charge in [-0.2, -0.15) is 0 Å². The van der Waals surface area contributed by atoms with Crippen molar-refractivity contribution in [1.29, 1.82) is 0 Å². The van der Waals surface area contributed by atoms with Gasteiger partial charge in [0, 0.05) is 18.2 Å². The van der Waals surface area contributed by atoms with Crippen molar-refractivity contribution in [2.45, 2.75) is 98.5 Å². The molecule has 0 aromatic heterocycles. The number of carbonyl (C=O) groups excluding carboxylic acids is 3. The number of benzene rings is 2. The summed E-state index contributed by atoms with van der Waals surface area (Å²) in [6.07, 6.45) is 6.46. The molecule has 0 spiro atoms. The molecule has 0 aliphatic rings. The number of hydrogen-bond acceptors (Lipinski definition) is 4. The molecule has 0 bridgehead atoms. The van der Waals surface area contributed by atoms with E-state index in [9.17, 15) is 14.4 Å². The van der Waals surface area contributed by atoms with E-state index < -0.39 is 23.8 Å². The predicted molar refractivity (Wildman–Crippen MR) is 164 cm³/mol. The quantitative estimate of drug-likeness (QED) is 0.301. The lowest BCUT2D eigenvalue weighted by molar-refractivity contribution is -0.146. The molecular weight excluding hydrogens is 514 g/mol. The number of rotatable bonds is 12. The van der Waals surface area contributed by atoms with Crippen LogP contribution < -0.4 is 10.6 Å². The topological polar surface area (TPSA) is 87.7 Å². The number of nitrogens with one attached hydrogen (secondary N) is 2. The summed E-state index contributed by atoms with van der Waals surface area (Å²) in [5, 5.41) is 5.82. The van der Waals surface area contributed by atoms with E-state index in [0.29, 0.717) is 30.0 Å². The van der Waals surface area contributed by atoms with Crippen LogP contribution in [0, 0.1) is 24.2 Å². The average molecular weight is 562 g/mol. The van der Waals surface area contributed by atoms with Crippen LogP contribution in [0.15, 0.2) is 54.6 Å². The first-order valence-corrected chi connectivity index (χ1v) is 14.4. The Labute approximate surface area is 246 Å². The molecule has 3 atom stereocenters. The molecule has 0 aliphatic carbocycles. The minimum atomic E-state index is -0.943. The second-order valence-corrected chi connectivity index (χ2v) is 12.3. The molecule has 0 radical (unpaired) electrons. The number of hydrogen-bond donors (Lipinski definition) is 2. The fourth-order valence-corrected chi connectivity index (χ4v) is 4.50. The molecule has 222 valence electrons. The summed E-state index contributed by atoms with van der Waals surface area (Å²) in [5.41, 5.74) is 1.53. The molecule has 3 unspecified atom stereocenters. The van der Waals surface area contributed by atoms with Crippen LogP contribution in [0.5, 0.6) is 0 Å². The van der Waals surface area contributed by atoms with Gasteiger partial charge in [-0.05, 0) is 75.6 Å². The Bertz CT molecular complexity index is 1180. The lowest BCUT2D eigenvalue weighted by atomic mass is 9.94. The highest BCUT2D eigenvalue weighted by Gasteiger charge is 2.39. The summed E-state index contributed by atoms with van der Waals surface area (Å²) in [5.74, 6) is 2.10. The van der Waals surface area contributed by atoms with Crippen LogP contribution in [0.25, 0.3) is 0 Å². The van der Waals surface area contributed by atoms with Crippen molar-refractivity contribution >= 4 is 17.9 Å². The van der Waals surface area contributed by atoms with Gasteiger partial charge in [0.1, 0.15) is 17.7 Å². The van der Waals surface area contributed by atoms with Gasteiger partial charge in [0.25, 0.3) is 0 Å². The van der Waals surface area contributed by atoms with Crippen LogP contribution in [0.1, 0.15) is 91.0 Å². The fourth-order valence-electron chi connectivity index (χ4n) is 4.50. The molecule has 0 heterocycles. The third-order valence-electron chi connectivity index (χ3n) is 6.73. The largest absolute Gasteiger partial charge is 0.444 e. The maximum absolute atomic E-state index is 14.4. The van der Waals surface area contributed by atoms with Crippen LogP contribution >= 0.6 is 0 Å². The van der Waals surface area contributed by atoms with Gasteiger partial charge >= 0.3 is 6.09 Å². The zero-order valence-electron chi connectivity index (χ0n) is 25.9. The van der Waals surface area contributed by atoms with Gasteiger partial charge in [-0.25, -0.2) is 4.79 Å². The van der Waals surface area contributed by atoms with Crippen LogP contribution in [-0.4, -0.2) is 40.5 Å². The lowest BCUT2D eigenvalue weighted by Crippen LogP contribution is -2.57. The summed E-state index contributed by atoms with van der Waals surface area (Å²) in [7, 11) is 0. The van der Waals surface area contributed by atoms with E-state index in [4.69, 9.17) is 11.2 Å². The van der Waals surface area contributed by atoms with Gasteiger partial charge in [-0.1, -0.05) is 76.1 Å². The number of ether oxygens (including phenoxy) is 1. The highest BCUT2D eigenvalue weighted by Crippen LogP contribution is 2.29. The van der Waals surface area contributed by atoms with E-state index in [-0.39, 0.29) is 23.8 Å². The molecule has 41 heavy (non-hydrogen) atoms. The zero-order chi connectivity index (χ0) is 30.7. The Balaban J connectivity index is 2.56. The molecule has 7 heteroatoms. The molecule has 0 saturated carbocycles. The number of alkyl carbamates (subject to hydrolysis) is 1. The minimum absolute atomic E-state index is 0.258. The van der Waals surface area contributed by atoms with Crippen LogP contribution in [-0.2, 0) is 20.9 Å². The zero-order valence-corrected chi connectivity index (χ0v) is 25.9. The van der Waals surface area contributed by atoms with E-state index in [1.807, 2.05) is 51.1 Å². The lowest BCUT2D eigenvalue weighted by Gasteiger charge is -2.39. The summed E-state index contributed by atoms with van der Waals surface area (Å²) >= 11 is 0. The van der Waals surface area contributed by atoms with E-state index in [0.717, 1.165) is 12.0 Å². The first-order chi connectivity index (χ1) is 19.2. The SMILES string of the molecule is C#Cc1ccc(C(C(=O)NCc2ccccc2)N(C(=O)C(NC(=O)OC(C)(C)C)C(C)C)C(C)CCC(C)C)cc1.